The van der Waals surface area contributed by atoms with Gasteiger partial charge in [-0.15, -0.1) is 0 Å². The third-order valence-corrected chi connectivity index (χ3v) is 2.74. The van der Waals surface area contributed by atoms with Gasteiger partial charge in [0.2, 0.25) is 0 Å². The van der Waals surface area contributed by atoms with Crippen LogP contribution in [0.1, 0.15) is 6.42 Å². The van der Waals surface area contributed by atoms with Gasteiger partial charge in [0.05, 0.1) is 39.6 Å². The lowest BCUT2D eigenvalue weighted by Gasteiger charge is -2.08. The van der Waals surface area contributed by atoms with Crippen molar-refractivity contribution in [1.29, 1.82) is 0 Å². The molecule has 1 aromatic carbocycles. The van der Waals surface area contributed by atoms with Crippen molar-refractivity contribution >= 4 is 0 Å². The van der Waals surface area contributed by atoms with Gasteiger partial charge in [-0.3, -0.25) is 0 Å². The summed E-state index contributed by atoms with van der Waals surface area (Å²) < 4.78 is 21.2. The molecule has 5 heteroatoms. The molecule has 120 valence electrons. The Kier molecular flexibility index (Phi) is 11.8. The van der Waals surface area contributed by atoms with Crippen molar-refractivity contribution in [2.75, 3.05) is 59.8 Å². The van der Waals surface area contributed by atoms with Crippen LogP contribution in [0.4, 0.5) is 0 Å². The quantitative estimate of drug-likeness (QED) is 0.530. The molecule has 0 fully saturated rings. The summed E-state index contributed by atoms with van der Waals surface area (Å²) in [4.78, 5) is 0. The Morgan fingerprint density at radius 3 is 2.29 bits per heavy atom. The number of hydrogen-bond acceptors (Lipinski definition) is 5. The summed E-state index contributed by atoms with van der Waals surface area (Å²) in [6.07, 6.45) is 0.981. The molecule has 0 radical (unpaired) electrons. The highest BCUT2D eigenvalue weighted by atomic mass is 16.5. The molecule has 0 aliphatic heterocycles. The second-order valence-electron chi connectivity index (χ2n) is 4.48. The van der Waals surface area contributed by atoms with Crippen molar-refractivity contribution in [3.05, 3.63) is 30.3 Å². The third-order valence-electron chi connectivity index (χ3n) is 2.74. The van der Waals surface area contributed by atoms with Crippen LogP contribution in [0.2, 0.25) is 0 Å². The molecule has 0 aromatic heterocycles. The molecule has 0 bridgehead atoms. The number of benzene rings is 1. The molecule has 1 rings (SSSR count). The van der Waals surface area contributed by atoms with Crippen LogP contribution in [-0.4, -0.2) is 59.8 Å². The third kappa shape index (κ3) is 11.2. The predicted octanol–water partition coefficient (Wildman–Crippen LogP) is 1.72. The van der Waals surface area contributed by atoms with Crippen LogP contribution in [0.5, 0.6) is 5.75 Å². The predicted molar refractivity (Wildman–Crippen MR) is 82.9 cm³/mol. The van der Waals surface area contributed by atoms with Crippen molar-refractivity contribution in [2.24, 2.45) is 0 Å². The summed E-state index contributed by atoms with van der Waals surface area (Å²) in [5.74, 6) is 0.925. The molecule has 0 amide bonds. The number of nitrogens with one attached hydrogen (secondary N) is 1. The van der Waals surface area contributed by atoms with E-state index < -0.39 is 0 Å². The highest BCUT2D eigenvalue weighted by Gasteiger charge is 1.93. The lowest BCUT2D eigenvalue weighted by atomic mass is 10.3. The molecule has 5 nitrogen and oxygen atoms in total. The molecule has 0 unspecified atom stereocenters. The fourth-order valence-electron chi connectivity index (χ4n) is 1.64. The van der Waals surface area contributed by atoms with Gasteiger partial charge in [-0.25, -0.2) is 0 Å². The van der Waals surface area contributed by atoms with Crippen LogP contribution in [0, 0.1) is 0 Å². The first-order chi connectivity index (χ1) is 10.4. The minimum Gasteiger partial charge on any atom is -0.494 e. The molecule has 0 aliphatic rings. The van der Waals surface area contributed by atoms with E-state index in [0.717, 1.165) is 31.9 Å². The van der Waals surface area contributed by atoms with Crippen LogP contribution >= 0.6 is 0 Å². The Morgan fingerprint density at radius 1 is 0.810 bits per heavy atom. The molecule has 0 saturated carbocycles. The Hall–Kier alpha value is -1.14. The van der Waals surface area contributed by atoms with Crippen LogP contribution in [0.3, 0.4) is 0 Å². The molecule has 0 atom stereocenters. The monoisotopic (exact) mass is 297 g/mol. The second-order valence-corrected chi connectivity index (χ2v) is 4.48. The zero-order chi connectivity index (χ0) is 15.0. The summed E-state index contributed by atoms with van der Waals surface area (Å²) in [5.41, 5.74) is 0. The highest BCUT2D eigenvalue weighted by Crippen LogP contribution is 2.07. The van der Waals surface area contributed by atoms with Gasteiger partial charge in [0.1, 0.15) is 5.75 Å². The van der Waals surface area contributed by atoms with Gasteiger partial charge in [-0.2, -0.15) is 0 Å². The fourth-order valence-corrected chi connectivity index (χ4v) is 1.64. The number of methoxy groups -OCH3 is 1. The minimum atomic E-state index is 0.619. The first-order valence-corrected chi connectivity index (χ1v) is 7.46. The number of ether oxygens (including phenoxy) is 4. The van der Waals surface area contributed by atoms with Crippen LogP contribution in [0.15, 0.2) is 30.3 Å². The van der Waals surface area contributed by atoms with Gasteiger partial charge in [-0.1, -0.05) is 18.2 Å². The zero-order valence-corrected chi connectivity index (χ0v) is 12.9. The maximum atomic E-state index is 5.60. The molecule has 0 aliphatic carbocycles. The SMILES string of the molecule is COCCOCCOCCNCCCOc1ccccc1. The van der Waals surface area contributed by atoms with E-state index in [2.05, 4.69) is 5.32 Å². The largest absolute Gasteiger partial charge is 0.494 e. The minimum absolute atomic E-state index is 0.619. The van der Waals surface area contributed by atoms with Crippen LogP contribution in [-0.2, 0) is 14.2 Å². The Labute approximate surface area is 127 Å². The zero-order valence-electron chi connectivity index (χ0n) is 12.9. The molecular formula is C16H27NO4. The molecular weight excluding hydrogens is 270 g/mol. The maximum absolute atomic E-state index is 5.60. The summed E-state index contributed by atoms with van der Waals surface area (Å²) in [6, 6.07) is 9.87. The van der Waals surface area contributed by atoms with E-state index >= 15 is 0 Å². The van der Waals surface area contributed by atoms with E-state index in [4.69, 9.17) is 18.9 Å². The Bertz CT molecular complexity index is 321. The fraction of sp³-hybridized carbons (Fsp3) is 0.625. The first-order valence-electron chi connectivity index (χ1n) is 7.46. The van der Waals surface area contributed by atoms with Crippen molar-refractivity contribution < 1.29 is 18.9 Å². The molecule has 0 spiro atoms. The topological polar surface area (TPSA) is 49.0 Å². The van der Waals surface area contributed by atoms with Crippen molar-refractivity contribution in [2.45, 2.75) is 6.42 Å². The van der Waals surface area contributed by atoms with Gasteiger partial charge in [0.15, 0.2) is 0 Å². The van der Waals surface area contributed by atoms with Crippen molar-refractivity contribution in [3.8, 4) is 5.75 Å². The molecule has 0 saturated heterocycles. The van der Waals surface area contributed by atoms with Crippen molar-refractivity contribution in [3.63, 3.8) is 0 Å². The van der Waals surface area contributed by atoms with Gasteiger partial charge in [0, 0.05) is 13.7 Å². The second kappa shape index (κ2) is 13.8. The lowest BCUT2D eigenvalue weighted by molar-refractivity contribution is 0.0256. The smallest absolute Gasteiger partial charge is 0.119 e. The van der Waals surface area contributed by atoms with Gasteiger partial charge < -0.3 is 24.3 Å². The lowest BCUT2D eigenvalue weighted by Crippen LogP contribution is -2.23. The number of para-hydroxylation sites is 1. The highest BCUT2D eigenvalue weighted by molar-refractivity contribution is 5.20. The number of hydrogen-bond donors (Lipinski definition) is 1. The van der Waals surface area contributed by atoms with Gasteiger partial charge in [0.25, 0.3) is 0 Å². The van der Waals surface area contributed by atoms with Crippen LogP contribution in [0.25, 0.3) is 0 Å². The molecule has 0 heterocycles. The first kappa shape index (κ1) is 17.9. The summed E-state index contributed by atoms with van der Waals surface area (Å²) in [7, 11) is 1.66. The van der Waals surface area contributed by atoms with E-state index in [-0.39, 0.29) is 0 Å². The van der Waals surface area contributed by atoms with Gasteiger partial charge in [-0.05, 0) is 25.1 Å². The average molecular weight is 297 g/mol. The molecule has 1 aromatic rings. The van der Waals surface area contributed by atoms with E-state index in [1.807, 2.05) is 30.3 Å². The van der Waals surface area contributed by atoms with E-state index in [1.165, 1.54) is 0 Å². The Morgan fingerprint density at radius 2 is 1.52 bits per heavy atom. The summed E-state index contributed by atoms with van der Waals surface area (Å²) in [5, 5.41) is 3.32. The van der Waals surface area contributed by atoms with E-state index in [0.29, 0.717) is 33.0 Å². The Balaban J connectivity index is 1.75. The molecule has 21 heavy (non-hydrogen) atoms. The normalized spacial score (nSPS) is 10.7. The summed E-state index contributed by atoms with van der Waals surface area (Å²) in [6.45, 7) is 5.71. The van der Waals surface area contributed by atoms with E-state index in [9.17, 15) is 0 Å². The van der Waals surface area contributed by atoms with Crippen molar-refractivity contribution in [1.82, 2.24) is 5.32 Å². The van der Waals surface area contributed by atoms with E-state index in [1.54, 1.807) is 7.11 Å². The van der Waals surface area contributed by atoms with Crippen LogP contribution < -0.4 is 10.1 Å². The standard InChI is InChI=1S/C16H27NO4/c1-18-12-13-20-15-14-19-11-9-17-8-5-10-21-16-6-3-2-4-7-16/h2-4,6-7,17H,5,8-15H2,1H3. The maximum Gasteiger partial charge on any atom is 0.119 e. The average Bonchev–Trinajstić information content (AvgIpc) is 2.53. The summed E-state index contributed by atoms with van der Waals surface area (Å²) >= 11 is 0. The number of rotatable bonds is 14. The molecule has 1 N–H and O–H groups in total. The van der Waals surface area contributed by atoms with Gasteiger partial charge >= 0.3 is 0 Å².